The molecular weight excluding hydrogens is 234 g/mol. The van der Waals surface area contributed by atoms with E-state index in [0.717, 1.165) is 17.4 Å². The number of phenolic OH excluding ortho intramolecular Hbond substituents is 1. The van der Waals surface area contributed by atoms with Gasteiger partial charge >= 0.3 is 0 Å². The maximum absolute atomic E-state index is 9.76. The third-order valence-corrected chi connectivity index (χ3v) is 5.66. The molecule has 1 aromatic carbocycles. The van der Waals surface area contributed by atoms with Gasteiger partial charge in [-0.05, 0) is 48.1 Å². The Labute approximate surface area is 115 Å². The lowest BCUT2D eigenvalue weighted by atomic mass is 9.45. The molecule has 19 heavy (non-hydrogen) atoms. The van der Waals surface area contributed by atoms with Crippen LogP contribution in [0.1, 0.15) is 39.2 Å². The SMILES string of the molecule is C[C@@H]1[C@H]2C[C@@H](C[C@H]1N=Cc1ccccc1O)C2(C)C. The number of aliphatic imine (C=N–C) groups is 1. The van der Waals surface area contributed by atoms with E-state index in [0.29, 0.717) is 23.1 Å². The van der Waals surface area contributed by atoms with Crippen LogP contribution in [-0.4, -0.2) is 17.4 Å². The number of para-hydroxylation sites is 1. The second-order valence-corrected chi connectivity index (χ2v) is 6.86. The minimum absolute atomic E-state index is 0.320. The van der Waals surface area contributed by atoms with Crippen LogP contribution in [0.25, 0.3) is 0 Å². The molecule has 102 valence electrons. The summed E-state index contributed by atoms with van der Waals surface area (Å²) in [7, 11) is 0. The lowest BCUT2D eigenvalue weighted by molar-refractivity contribution is -0.108. The van der Waals surface area contributed by atoms with Crippen LogP contribution in [0.3, 0.4) is 0 Å². The molecule has 3 fully saturated rings. The second-order valence-electron chi connectivity index (χ2n) is 6.86. The summed E-state index contributed by atoms with van der Waals surface area (Å²) >= 11 is 0. The molecule has 0 radical (unpaired) electrons. The van der Waals surface area contributed by atoms with Gasteiger partial charge in [-0.3, -0.25) is 4.99 Å². The first-order valence-electron chi connectivity index (χ1n) is 7.31. The quantitative estimate of drug-likeness (QED) is 0.801. The molecule has 1 aromatic rings. The van der Waals surface area contributed by atoms with Crippen molar-refractivity contribution >= 4 is 6.21 Å². The minimum atomic E-state index is 0.320. The van der Waals surface area contributed by atoms with Gasteiger partial charge in [0.1, 0.15) is 5.75 Å². The van der Waals surface area contributed by atoms with Gasteiger partial charge in [0.15, 0.2) is 0 Å². The van der Waals surface area contributed by atoms with E-state index in [1.54, 1.807) is 6.07 Å². The molecule has 2 nitrogen and oxygen atoms in total. The van der Waals surface area contributed by atoms with Gasteiger partial charge in [0.05, 0.1) is 6.04 Å². The van der Waals surface area contributed by atoms with Crippen LogP contribution in [0.5, 0.6) is 5.75 Å². The Bertz CT molecular complexity index is 506. The van der Waals surface area contributed by atoms with E-state index in [1.165, 1.54) is 12.8 Å². The molecule has 3 aliphatic carbocycles. The Kier molecular flexibility index (Phi) is 2.92. The second kappa shape index (κ2) is 4.36. The fourth-order valence-corrected chi connectivity index (χ4v) is 4.09. The Morgan fingerprint density at radius 1 is 1.26 bits per heavy atom. The molecule has 0 heterocycles. The number of fused-ring (bicyclic) bond motifs is 2. The topological polar surface area (TPSA) is 32.6 Å². The smallest absolute Gasteiger partial charge is 0.124 e. The Morgan fingerprint density at radius 2 is 2.00 bits per heavy atom. The highest BCUT2D eigenvalue weighted by atomic mass is 16.3. The average Bonchev–Trinajstić information content (AvgIpc) is 2.38. The zero-order chi connectivity index (χ0) is 13.6. The lowest BCUT2D eigenvalue weighted by Crippen LogP contribution is -2.56. The fourth-order valence-electron chi connectivity index (χ4n) is 4.09. The van der Waals surface area contributed by atoms with Crippen LogP contribution in [0.2, 0.25) is 0 Å². The van der Waals surface area contributed by atoms with Crippen LogP contribution < -0.4 is 0 Å². The van der Waals surface area contributed by atoms with Gasteiger partial charge in [-0.1, -0.05) is 32.9 Å². The van der Waals surface area contributed by atoms with Crippen molar-refractivity contribution in [1.82, 2.24) is 0 Å². The summed E-state index contributed by atoms with van der Waals surface area (Å²) in [6.45, 7) is 7.16. The summed E-state index contributed by atoms with van der Waals surface area (Å²) in [4.78, 5) is 4.76. The van der Waals surface area contributed by atoms with E-state index in [4.69, 9.17) is 4.99 Å². The summed E-state index contributed by atoms with van der Waals surface area (Å²) in [5.74, 6) is 2.63. The highest BCUT2D eigenvalue weighted by molar-refractivity contribution is 5.83. The zero-order valence-corrected chi connectivity index (χ0v) is 12.0. The van der Waals surface area contributed by atoms with Gasteiger partial charge in [0.25, 0.3) is 0 Å². The van der Waals surface area contributed by atoms with Gasteiger partial charge in [0.2, 0.25) is 0 Å². The summed E-state index contributed by atoms with van der Waals surface area (Å²) in [5, 5.41) is 9.76. The van der Waals surface area contributed by atoms with Crippen LogP contribution in [-0.2, 0) is 0 Å². The Hall–Kier alpha value is -1.31. The van der Waals surface area contributed by atoms with E-state index >= 15 is 0 Å². The largest absolute Gasteiger partial charge is 0.507 e. The third kappa shape index (κ3) is 1.98. The van der Waals surface area contributed by atoms with Crippen molar-refractivity contribution in [2.45, 2.75) is 39.7 Å². The molecule has 2 bridgehead atoms. The monoisotopic (exact) mass is 257 g/mol. The fraction of sp³-hybridized carbons (Fsp3) is 0.588. The molecule has 0 unspecified atom stereocenters. The Balaban J connectivity index is 1.74. The highest BCUT2D eigenvalue weighted by Crippen LogP contribution is 2.61. The number of aromatic hydroxyl groups is 1. The number of hydrogen-bond acceptors (Lipinski definition) is 2. The molecule has 0 aromatic heterocycles. The van der Waals surface area contributed by atoms with E-state index in [-0.39, 0.29) is 0 Å². The standard InChI is InChI=1S/C17H23NO/c1-11-14-8-13(17(14,2)3)9-15(11)18-10-12-6-4-5-7-16(12)19/h4-7,10-11,13-15,19H,8-9H2,1-3H3/t11-,13+,14-,15-/m1/s1. The zero-order valence-electron chi connectivity index (χ0n) is 12.0. The predicted octanol–water partition coefficient (Wildman–Crippen LogP) is 3.88. The molecular formula is C17H23NO. The first kappa shape index (κ1) is 12.7. The maximum atomic E-state index is 9.76. The van der Waals surface area contributed by atoms with Crippen LogP contribution in [0.15, 0.2) is 29.3 Å². The molecule has 0 aliphatic heterocycles. The molecule has 0 amide bonds. The van der Waals surface area contributed by atoms with Gasteiger partial charge in [-0.25, -0.2) is 0 Å². The highest BCUT2D eigenvalue weighted by Gasteiger charge is 2.56. The van der Waals surface area contributed by atoms with Crippen molar-refractivity contribution in [2.24, 2.45) is 28.2 Å². The van der Waals surface area contributed by atoms with Gasteiger partial charge < -0.3 is 5.11 Å². The molecule has 3 saturated carbocycles. The van der Waals surface area contributed by atoms with E-state index in [9.17, 15) is 5.11 Å². The molecule has 2 heteroatoms. The number of benzene rings is 1. The number of rotatable bonds is 2. The van der Waals surface area contributed by atoms with Gasteiger partial charge in [-0.2, -0.15) is 0 Å². The summed E-state index contributed by atoms with van der Waals surface area (Å²) in [5.41, 5.74) is 1.34. The van der Waals surface area contributed by atoms with E-state index in [1.807, 2.05) is 24.4 Å². The van der Waals surface area contributed by atoms with Crippen LogP contribution >= 0.6 is 0 Å². The van der Waals surface area contributed by atoms with Gasteiger partial charge in [0, 0.05) is 11.8 Å². The van der Waals surface area contributed by atoms with Crippen molar-refractivity contribution in [2.75, 3.05) is 0 Å². The number of phenols is 1. The van der Waals surface area contributed by atoms with Crippen molar-refractivity contribution in [3.63, 3.8) is 0 Å². The number of hydrogen-bond donors (Lipinski definition) is 1. The molecule has 4 atom stereocenters. The first-order chi connectivity index (χ1) is 9.00. The molecule has 3 aliphatic rings. The summed E-state index contributed by atoms with van der Waals surface area (Å²) < 4.78 is 0. The normalized spacial score (nSPS) is 36.2. The van der Waals surface area contributed by atoms with Crippen LogP contribution in [0.4, 0.5) is 0 Å². The molecule has 4 rings (SSSR count). The van der Waals surface area contributed by atoms with Crippen molar-refractivity contribution in [1.29, 1.82) is 0 Å². The Morgan fingerprint density at radius 3 is 2.63 bits per heavy atom. The average molecular weight is 257 g/mol. The van der Waals surface area contributed by atoms with Crippen molar-refractivity contribution in [3.8, 4) is 5.75 Å². The van der Waals surface area contributed by atoms with E-state index < -0.39 is 0 Å². The third-order valence-electron chi connectivity index (χ3n) is 5.66. The maximum Gasteiger partial charge on any atom is 0.124 e. The molecule has 1 N–H and O–H groups in total. The van der Waals surface area contributed by atoms with Crippen molar-refractivity contribution < 1.29 is 5.11 Å². The summed E-state index contributed by atoms with van der Waals surface area (Å²) in [6, 6.07) is 7.83. The summed E-state index contributed by atoms with van der Waals surface area (Å²) in [6.07, 6.45) is 4.44. The van der Waals surface area contributed by atoms with Crippen molar-refractivity contribution in [3.05, 3.63) is 29.8 Å². The molecule has 0 spiro atoms. The minimum Gasteiger partial charge on any atom is -0.507 e. The lowest BCUT2D eigenvalue weighted by Gasteiger charge is -2.61. The first-order valence-corrected chi connectivity index (χ1v) is 7.31. The predicted molar refractivity (Wildman–Crippen MR) is 78.6 cm³/mol. The number of nitrogens with zero attached hydrogens (tertiary/aromatic N) is 1. The van der Waals surface area contributed by atoms with Crippen LogP contribution in [0, 0.1) is 23.2 Å². The van der Waals surface area contributed by atoms with E-state index in [2.05, 4.69) is 20.8 Å². The van der Waals surface area contributed by atoms with Gasteiger partial charge in [-0.15, -0.1) is 0 Å². The molecule has 0 saturated heterocycles.